The van der Waals surface area contributed by atoms with E-state index in [0.29, 0.717) is 29.9 Å². The van der Waals surface area contributed by atoms with Crippen LogP contribution in [0.4, 0.5) is 0 Å². The van der Waals surface area contributed by atoms with Crippen LogP contribution in [0.25, 0.3) is 0 Å². The topological polar surface area (TPSA) is 297 Å². The first-order chi connectivity index (χ1) is 31.4. The largest absolute Gasteiger partial charge is 0.490 e. The third-order valence-electron chi connectivity index (χ3n) is 11.0. The lowest BCUT2D eigenvalue weighted by Gasteiger charge is -2.31. The minimum Gasteiger partial charge on any atom is -0.490 e. The number of allylic oxidation sites excluding steroid dienone is 1. The lowest BCUT2D eigenvalue weighted by Crippen LogP contribution is -2.61. The second-order valence-electron chi connectivity index (χ2n) is 17.0. The van der Waals surface area contributed by atoms with E-state index in [9.17, 15) is 48.3 Å². The molecule has 20 nitrogen and oxygen atoms in total. The van der Waals surface area contributed by atoms with E-state index in [0.717, 1.165) is 5.57 Å². The fraction of sp³-hybridized carbons (Fsp3) is 0.500. The number of hydrogen-bond donors (Lipinski definition) is 9. The van der Waals surface area contributed by atoms with Gasteiger partial charge in [0, 0.05) is 25.8 Å². The zero-order valence-corrected chi connectivity index (χ0v) is 38.0. The van der Waals surface area contributed by atoms with Gasteiger partial charge in [0.25, 0.3) is 0 Å². The molecule has 0 radical (unpaired) electrons. The Kier molecular flexibility index (Phi) is 19.6. The van der Waals surface area contributed by atoms with Crippen molar-refractivity contribution in [1.82, 2.24) is 42.1 Å². The summed E-state index contributed by atoms with van der Waals surface area (Å²) in [5, 5.41) is 28.2. The van der Waals surface area contributed by atoms with Crippen LogP contribution in [0.15, 0.2) is 66.2 Å². The third kappa shape index (κ3) is 15.7. The molecule has 66 heavy (non-hydrogen) atoms. The average Bonchev–Trinajstić information content (AvgIpc) is 3.78. The summed E-state index contributed by atoms with van der Waals surface area (Å²) >= 11 is 0. The lowest BCUT2D eigenvalue weighted by molar-refractivity contribution is -0.142. The fourth-order valence-electron chi connectivity index (χ4n) is 7.30. The van der Waals surface area contributed by atoms with Crippen molar-refractivity contribution in [2.45, 2.75) is 115 Å². The maximum Gasteiger partial charge on any atom is 0.246 e. The minimum absolute atomic E-state index is 0.0141. The van der Waals surface area contributed by atoms with Crippen molar-refractivity contribution in [2.75, 3.05) is 26.3 Å². The summed E-state index contributed by atoms with van der Waals surface area (Å²) in [5.41, 5.74) is 7.64. The number of rotatable bonds is 12. The first kappa shape index (κ1) is 51.8. The maximum absolute atomic E-state index is 14.6. The highest BCUT2D eigenvalue weighted by Crippen LogP contribution is 2.21. The Morgan fingerprint density at radius 1 is 0.758 bits per heavy atom. The van der Waals surface area contributed by atoms with Gasteiger partial charge in [-0.3, -0.25) is 43.2 Å². The summed E-state index contributed by atoms with van der Waals surface area (Å²) in [4.78, 5) is 123. The van der Waals surface area contributed by atoms with Gasteiger partial charge in [0.15, 0.2) is 0 Å². The summed E-state index contributed by atoms with van der Waals surface area (Å²) in [6.07, 6.45) is 1.85. The number of nitrogens with two attached hydrogens (primary N) is 1. The quantitative estimate of drug-likeness (QED) is 0.114. The number of ether oxygens (including phenoxy) is 1. The summed E-state index contributed by atoms with van der Waals surface area (Å²) in [6.45, 7) is 7.35. The third-order valence-corrected chi connectivity index (χ3v) is 11.0. The van der Waals surface area contributed by atoms with Crippen molar-refractivity contribution >= 4 is 53.2 Å². The van der Waals surface area contributed by atoms with E-state index in [2.05, 4.69) is 37.2 Å². The molecule has 2 heterocycles. The van der Waals surface area contributed by atoms with Gasteiger partial charge in [-0.15, -0.1) is 0 Å². The van der Waals surface area contributed by atoms with Crippen LogP contribution in [0.1, 0.15) is 71.4 Å². The van der Waals surface area contributed by atoms with Crippen LogP contribution in [0.5, 0.6) is 5.75 Å². The van der Waals surface area contributed by atoms with E-state index in [1.807, 2.05) is 19.9 Å². The van der Waals surface area contributed by atoms with Gasteiger partial charge >= 0.3 is 0 Å². The summed E-state index contributed by atoms with van der Waals surface area (Å²) in [6, 6.07) is 6.40. The van der Waals surface area contributed by atoms with E-state index in [1.54, 1.807) is 68.4 Å². The molecule has 2 aromatic rings. The second kappa shape index (κ2) is 25.0. The number of aliphatic hydroxyl groups excluding tert-OH is 1. The number of carbonyl (C=O) groups excluding carboxylic acids is 9. The molecule has 10 N–H and O–H groups in total. The number of nitrogens with zero attached hydrogens (tertiary/aromatic N) is 1. The van der Waals surface area contributed by atoms with Gasteiger partial charge in [0.2, 0.25) is 53.2 Å². The molecule has 7 unspecified atom stereocenters. The molecule has 2 aromatic carbocycles. The monoisotopic (exact) mass is 917 g/mol. The Morgan fingerprint density at radius 2 is 1.36 bits per heavy atom. The van der Waals surface area contributed by atoms with Crippen molar-refractivity contribution in [3.05, 3.63) is 77.4 Å². The van der Waals surface area contributed by atoms with Crippen LogP contribution in [-0.2, 0) is 56.0 Å². The predicted octanol–water partition coefficient (Wildman–Crippen LogP) is -1.22. The molecule has 7 atom stereocenters. The Labute approximate surface area is 384 Å². The molecular formula is C46H63N9O11. The first-order valence-corrected chi connectivity index (χ1v) is 22.0. The Morgan fingerprint density at radius 3 is 2.00 bits per heavy atom. The lowest BCUT2D eigenvalue weighted by atomic mass is 10.0. The van der Waals surface area contributed by atoms with Gasteiger partial charge in [0.05, 0.1) is 13.2 Å². The molecule has 358 valence electrons. The zero-order chi connectivity index (χ0) is 48.5. The Bertz CT molecular complexity index is 2090. The summed E-state index contributed by atoms with van der Waals surface area (Å²) < 4.78 is 5.78. The van der Waals surface area contributed by atoms with Gasteiger partial charge in [0.1, 0.15) is 54.6 Å². The maximum atomic E-state index is 14.6. The number of hydrogen-bond acceptors (Lipinski definition) is 11. The number of benzene rings is 2. The molecule has 4 rings (SSSR count). The van der Waals surface area contributed by atoms with Gasteiger partial charge in [-0.25, -0.2) is 0 Å². The van der Waals surface area contributed by atoms with E-state index in [1.165, 1.54) is 11.8 Å². The highest BCUT2D eigenvalue weighted by atomic mass is 16.5. The van der Waals surface area contributed by atoms with Crippen molar-refractivity contribution in [3.63, 3.8) is 0 Å². The van der Waals surface area contributed by atoms with Crippen LogP contribution in [-0.4, -0.2) is 132 Å². The van der Waals surface area contributed by atoms with Crippen LogP contribution in [0.2, 0.25) is 0 Å². The number of primary amides is 1. The van der Waals surface area contributed by atoms with Crippen LogP contribution in [0.3, 0.4) is 0 Å². The summed E-state index contributed by atoms with van der Waals surface area (Å²) in [7, 11) is 0. The number of amides is 9. The average molecular weight is 918 g/mol. The van der Waals surface area contributed by atoms with Crippen molar-refractivity contribution in [2.24, 2.45) is 11.7 Å². The molecule has 20 heteroatoms. The molecule has 0 aliphatic carbocycles. The number of carbonyl (C=O) groups is 9. The molecule has 0 bridgehead atoms. The molecule has 9 amide bonds. The van der Waals surface area contributed by atoms with Gasteiger partial charge in [-0.1, -0.05) is 61.9 Å². The van der Waals surface area contributed by atoms with Crippen molar-refractivity contribution < 1.29 is 53.0 Å². The molecule has 0 saturated carbocycles. The summed E-state index contributed by atoms with van der Waals surface area (Å²) in [5.74, 6) is -7.20. The molecule has 2 fully saturated rings. The van der Waals surface area contributed by atoms with E-state index in [-0.39, 0.29) is 38.6 Å². The van der Waals surface area contributed by atoms with Crippen LogP contribution < -0.4 is 47.7 Å². The van der Waals surface area contributed by atoms with Gasteiger partial charge in [-0.2, -0.15) is 0 Å². The standard InChI is InChI=1S/C46H63N9O11/c1-26(2)19-21-66-31-15-13-30(14-16-31)22-33-42(61)52-34(23-29-10-7-6-8-11-29)46(65)55-20-9-12-36(55)44(63)49-28(5)40(59)50-32(17-18-37(47)57)41(60)48-24-38(58)54-39(27(3)4)45(64)53-35(25-56)43(62)51-33/h6-8,10-11,13-16,19,27-28,32-36,39,56H,9,12,17-18,20-25H2,1-5H3,(H2,47,57)(H,48,60)(H,49,63)(H,50,59)(H,51,62)(H,52,61)(H,53,64)(H,54,58). The Hall–Kier alpha value is -6.83. The van der Waals surface area contributed by atoms with E-state index in [4.69, 9.17) is 10.5 Å². The van der Waals surface area contributed by atoms with Crippen molar-refractivity contribution in [3.8, 4) is 5.75 Å². The molecule has 2 aliphatic heterocycles. The number of aliphatic hydroxyl groups is 1. The van der Waals surface area contributed by atoms with Crippen molar-refractivity contribution in [1.29, 1.82) is 0 Å². The highest BCUT2D eigenvalue weighted by Gasteiger charge is 2.40. The fourth-order valence-corrected chi connectivity index (χ4v) is 7.30. The highest BCUT2D eigenvalue weighted by molar-refractivity contribution is 5.98. The second-order valence-corrected chi connectivity index (χ2v) is 17.0. The zero-order valence-electron chi connectivity index (χ0n) is 38.0. The van der Waals surface area contributed by atoms with E-state index >= 15 is 0 Å². The van der Waals surface area contributed by atoms with E-state index < -0.39 is 115 Å². The predicted molar refractivity (Wildman–Crippen MR) is 241 cm³/mol. The molecule has 0 aromatic heterocycles. The van der Waals surface area contributed by atoms with Crippen LogP contribution >= 0.6 is 0 Å². The minimum atomic E-state index is -1.62. The Balaban J connectivity index is 1.73. The first-order valence-electron chi connectivity index (χ1n) is 22.0. The molecular weight excluding hydrogens is 855 g/mol. The number of nitrogens with one attached hydrogen (secondary N) is 7. The molecule has 0 spiro atoms. The normalized spacial score (nSPS) is 24.3. The van der Waals surface area contributed by atoms with Gasteiger partial charge < -0.3 is 57.7 Å². The van der Waals surface area contributed by atoms with Crippen LogP contribution in [0, 0.1) is 5.92 Å². The SMILES string of the molecule is CC(C)=CCOc1ccc(CC2NC(=O)C(CO)NC(=O)C(C(C)C)NC(=O)CNC(=O)C(CCC(N)=O)NC(=O)C(C)NC(=O)C3CCCN3C(=O)C(Cc3ccccc3)NC2=O)cc1. The van der Waals surface area contributed by atoms with Gasteiger partial charge in [-0.05, 0) is 75.3 Å². The molecule has 2 aliphatic rings. The molecule has 2 saturated heterocycles. The number of fused-ring (bicyclic) bond motifs is 1. The smallest absolute Gasteiger partial charge is 0.246 e.